The summed E-state index contributed by atoms with van der Waals surface area (Å²) in [6.45, 7) is -0.281. The number of rotatable bonds is 7. The first-order chi connectivity index (χ1) is 13.6. The van der Waals surface area contributed by atoms with Crippen LogP contribution in [0.4, 0.5) is 24.5 Å². The minimum absolute atomic E-state index is 0.0135. The van der Waals surface area contributed by atoms with Crippen LogP contribution in [0, 0.1) is 0 Å². The van der Waals surface area contributed by atoms with Gasteiger partial charge in [-0.3, -0.25) is 14.5 Å². The normalized spacial score (nSPS) is 11.4. The molecular formula is C19H19ClF3N3O2S. The first-order valence-electron chi connectivity index (χ1n) is 8.38. The van der Waals surface area contributed by atoms with Crippen molar-refractivity contribution in [3.63, 3.8) is 0 Å². The van der Waals surface area contributed by atoms with Crippen molar-refractivity contribution in [2.45, 2.75) is 11.1 Å². The summed E-state index contributed by atoms with van der Waals surface area (Å²) in [5, 5.41) is 5.10. The molecule has 0 saturated carbocycles. The highest BCUT2D eigenvalue weighted by Gasteiger charge is 2.31. The van der Waals surface area contributed by atoms with Crippen molar-refractivity contribution in [1.29, 1.82) is 0 Å². The van der Waals surface area contributed by atoms with Crippen molar-refractivity contribution in [3.8, 4) is 0 Å². The molecule has 5 nitrogen and oxygen atoms in total. The lowest BCUT2D eigenvalue weighted by molar-refractivity contribution is -0.137. The van der Waals surface area contributed by atoms with E-state index in [1.165, 1.54) is 16.7 Å². The zero-order valence-corrected chi connectivity index (χ0v) is 17.2. The molecular weight excluding hydrogens is 427 g/mol. The number of carbonyl (C=O) groups excluding carboxylic acids is 2. The van der Waals surface area contributed by atoms with E-state index in [2.05, 4.69) is 10.6 Å². The number of alkyl halides is 3. The van der Waals surface area contributed by atoms with Gasteiger partial charge in [-0.15, -0.1) is 11.8 Å². The van der Waals surface area contributed by atoms with E-state index in [0.29, 0.717) is 5.69 Å². The Balaban J connectivity index is 1.93. The zero-order valence-electron chi connectivity index (χ0n) is 15.6. The third-order valence-corrected chi connectivity index (χ3v) is 4.90. The highest BCUT2D eigenvalue weighted by atomic mass is 35.5. The molecule has 2 aromatic carbocycles. The number of hydrogen-bond donors (Lipinski definition) is 2. The van der Waals surface area contributed by atoms with Crippen LogP contribution in [0.3, 0.4) is 0 Å². The summed E-state index contributed by atoms with van der Waals surface area (Å²) in [4.78, 5) is 26.7. The number of thioether (sulfide) groups is 1. The minimum atomic E-state index is -4.55. The molecule has 2 aromatic rings. The SMILES string of the molecule is CSc1ccccc1NC(=O)CN(C)CC(=O)Nc1cc(C(F)(F)F)ccc1Cl. The van der Waals surface area contributed by atoms with E-state index in [9.17, 15) is 22.8 Å². The molecule has 0 atom stereocenters. The van der Waals surface area contributed by atoms with Crippen molar-refractivity contribution < 1.29 is 22.8 Å². The Morgan fingerprint density at radius 1 is 1.03 bits per heavy atom. The van der Waals surface area contributed by atoms with E-state index in [0.717, 1.165) is 23.1 Å². The van der Waals surface area contributed by atoms with E-state index in [-0.39, 0.29) is 29.7 Å². The quantitative estimate of drug-likeness (QED) is 0.612. The number of nitrogens with one attached hydrogen (secondary N) is 2. The Kier molecular flexibility index (Phi) is 7.95. The molecule has 0 aliphatic rings. The Morgan fingerprint density at radius 3 is 2.21 bits per heavy atom. The number of nitrogens with zero attached hydrogens (tertiary/aromatic N) is 1. The molecule has 0 heterocycles. The van der Waals surface area contributed by atoms with Crippen molar-refractivity contribution in [1.82, 2.24) is 4.90 Å². The molecule has 156 valence electrons. The average molecular weight is 446 g/mol. The van der Waals surface area contributed by atoms with E-state index >= 15 is 0 Å². The molecule has 0 aromatic heterocycles. The molecule has 0 aliphatic carbocycles. The first kappa shape index (κ1) is 23.1. The molecule has 0 bridgehead atoms. The number of halogens is 4. The number of amides is 2. The molecule has 10 heteroatoms. The van der Waals surface area contributed by atoms with Crippen molar-refractivity contribution in [2.75, 3.05) is 37.0 Å². The van der Waals surface area contributed by atoms with Gasteiger partial charge >= 0.3 is 6.18 Å². The molecule has 2 rings (SSSR count). The summed E-state index contributed by atoms with van der Waals surface area (Å²) in [6.07, 6.45) is -2.66. The van der Waals surface area contributed by atoms with Gasteiger partial charge in [0.15, 0.2) is 0 Å². The number of carbonyl (C=O) groups is 2. The largest absolute Gasteiger partial charge is 0.416 e. The van der Waals surface area contributed by atoms with Crippen LogP contribution >= 0.6 is 23.4 Å². The van der Waals surface area contributed by atoms with Gasteiger partial charge in [0.25, 0.3) is 0 Å². The Labute approximate surface area is 175 Å². The van der Waals surface area contributed by atoms with Gasteiger partial charge in [0.2, 0.25) is 11.8 Å². The van der Waals surface area contributed by atoms with Crippen LogP contribution in [0.2, 0.25) is 5.02 Å². The maximum atomic E-state index is 12.8. The predicted molar refractivity (Wildman–Crippen MR) is 109 cm³/mol. The topological polar surface area (TPSA) is 61.4 Å². The van der Waals surface area contributed by atoms with Crippen molar-refractivity contribution in [2.24, 2.45) is 0 Å². The molecule has 0 aliphatic heterocycles. The smallest absolute Gasteiger partial charge is 0.324 e. The fourth-order valence-corrected chi connectivity index (χ4v) is 3.19. The Morgan fingerprint density at radius 2 is 1.62 bits per heavy atom. The van der Waals surface area contributed by atoms with Gasteiger partial charge in [-0.05, 0) is 43.6 Å². The summed E-state index contributed by atoms with van der Waals surface area (Å²) in [5.74, 6) is -0.912. The van der Waals surface area contributed by atoms with Gasteiger partial charge in [0.05, 0.1) is 35.1 Å². The van der Waals surface area contributed by atoms with Gasteiger partial charge in [0.1, 0.15) is 0 Å². The number of anilines is 2. The van der Waals surface area contributed by atoms with Gasteiger partial charge < -0.3 is 10.6 Å². The third kappa shape index (κ3) is 6.95. The molecule has 2 N–H and O–H groups in total. The lowest BCUT2D eigenvalue weighted by atomic mass is 10.2. The number of para-hydroxylation sites is 1. The Hall–Kier alpha value is -2.23. The van der Waals surface area contributed by atoms with Gasteiger partial charge in [0, 0.05) is 4.90 Å². The molecule has 0 spiro atoms. The summed E-state index contributed by atoms with van der Waals surface area (Å²) in [5.41, 5.74) is -0.394. The van der Waals surface area contributed by atoms with E-state index < -0.39 is 17.6 Å². The van der Waals surface area contributed by atoms with Crippen LogP contribution in [0.1, 0.15) is 5.56 Å². The third-order valence-electron chi connectivity index (χ3n) is 3.78. The van der Waals surface area contributed by atoms with Gasteiger partial charge in [-0.2, -0.15) is 13.2 Å². The van der Waals surface area contributed by atoms with E-state index in [4.69, 9.17) is 11.6 Å². The molecule has 0 saturated heterocycles. The highest BCUT2D eigenvalue weighted by Crippen LogP contribution is 2.33. The summed E-state index contributed by atoms with van der Waals surface area (Å²) >= 11 is 7.36. The monoisotopic (exact) mass is 445 g/mol. The second-order valence-corrected chi connectivity index (χ2v) is 7.42. The maximum absolute atomic E-state index is 12.8. The van der Waals surface area contributed by atoms with Gasteiger partial charge in [-0.1, -0.05) is 23.7 Å². The highest BCUT2D eigenvalue weighted by molar-refractivity contribution is 7.98. The maximum Gasteiger partial charge on any atom is 0.416 e. The van der Waals surface area contributed by atoms with Crippen molar-refractivity contribution in [3.05, 3.63) is 53.1 Å². The predicted octanol–water partition coefficient (Wildman–Crippen LogP) is 4.59. The fraction of sp³-hybridized carbons (Fsp3) is 0.263. The number of likely N-dealkylation sites (N-methyl/N-ethyl adjacent to an activating group) is 1. The van der Waals surface area contributed by atoms with Crippen LogP contribution < -0.4 is 10.6 Å². The van der Waals surface area contributed by atoms with Crippen LogP contribution in [0.15, 0.2) is 47.4 Å². The van der Waals surface area contributed by atoms with Crippen LogP contribution in [0.5, 0.6) is 0 Å². The molecule has 0 radical (unpaired) electrons. The molecule has 2 amide bonds. The van der Waals surface area contributed by atoms with Crippen LogP contribution in [-0.4, -0.2) is 43.1 Å². The fourth-order valence-electron chi connectivity index (χ4n) is 2.47. The molecule has 29 heavy (non-hydrogen) atoms. The van der Waals surface area contributed by atoms with Crippen molar-refractivity contribution >= 4 is 46.6 Å². The van der Waals surface area contributed by atoms with E-state index in [1.54, 1.807) is 19.2 Å². The Bertz CT molecular complexity index is 893. The lowest BCUT2D eigenvalue weighted by Crippen LogP contribution is -2.36. The second kappa shape index (κ2) is 10.00. The van der Waals surface area contributed by atoms with Crippen LogP contribution in [0.25, 0.3) is 0 Å². The minimum Gasteiger partial charge on any atom is -0.324 e. The summed E-state index contributed by atoms with van der Waals surface area (Å²) in [7, 11) is 1.55. The summed E-state index contributed by atoms with van der Waals surface area (Å²) in [6, 6.07) is 9.97. The summed E-state index contributed by atoms with van der Waals surface area (Å²) < 4.78 is 38.4. The number of hydrogen-bond acceptors (Lipinski definition) is 4. The molecule has 0 fully saturated rings. The van der Waals surface area contributed by atoms with E-state index in [1.807, 2.05) is 18.4 Å². The van der Waals surface area contributed by atoms with Gasteiger partial charge in [-0.25, -0.2) is 0 Å². The van der Waals surface area contributed by atoms with Crippen LogP contribution in [-0.2, 0) is 15.8 Å². The standard InChI is InChI=1S/C19H19ClF3N3O2S/c1-26(10-17(27)24-14-5-3-4-6-16(14)29-2)11-18(28)25-15-9-12(19(21,22)23)7-8-13(15)20/h3-9H,10-11H2,1-2H3,(H,24,27)(H,25,28). The average Bonchev–Trinajstić information content (AvgIpc) is 2.62. The second-order valence-electron chi connectivity index (χ2n) is 6.16. The molecule has 0 unspecified atom stereocenters. The first-order valence-corrected chi connectivity index (χ1v) is 9.98. The zero-order chi connectivity index (χ0) is 21.6. The lowest BCUT2D eigenvalue weighted by Gasteiger charge is -2.17. The number of benzene rings is 2.